The van der Waals surface area contributed by atoms with Crippen LogP contribution in [-0.2, 0) is 33.4 Å². The highest BCUT2D eigenvalue weighted by Crippen LogP contribution is 2.27. The zero-order chi connectivity index (χ0) is 30.1. The van der Waals surface area contributed by atoms with E-state index in [0.717, 1.165) is 0 Å². The lowest BCUT2D eigenvalue weighted by Crippen LogP contribution is -2.65. The SMILES string of the molecule is C[C@H](CC(=O)[C@@H](C)O[C@H]1[C@H](O)[C@@H](CO)O[C@H](O)[C@@H]1NC(=O)OCC(Cl)(Cl)Cl)C(=O)N[C@H](CCC(=O)O)C(N)=O. The summed E-state index contributed by atoms with van der Waals surface area (Å²) in [6.45, 7) is 1.25. The van der Waals surface area contributed by atoms with Crippen molar-refractivity contribution < 1.29 is 58.6 Å². The number of aliphatic hydroxyl groups is 3. The molecule has 1 rings (SSSR count). The Morgan fingerprint density at radius 1 is 1.13 bits per heavy atom. The Balaban J connectivity index is 2.88. The van der Waals surface area contributed by atoms with Gasteiger partial charge in [-0.2, -0.15) is 0 Å². The van der Waals surface area contributed by atoms with E-state index in [-0.39, 0.29) is 6.42 Å². The molecule has 15 nitrogen and oxygen atoms in total. The summed E-state index contributed by atoms with van der Waals surface area (Å²) >= 11 is 16.6. The van der Waals surface area contributed by atoms with Crippen LogP contribution in [0.5, 0.6) is 0 Å². The van der Waals surface area contributed by atoms with Crippen molar-refractivity contribution in [2.75, 3.05) is 13.2 Å². The van der Waals surface area contributed by atoms with Gasteiger partial charge in [0, 0.05) is 18.8 Å². The highest BCUT2D eigenvalue weighted by atomic mass is 35.6. The Bertz CT molecular complexity index is 890. The maximum absolute atomic E-state index is 12.8. The van der Waals surface area contributed by atoms with Crippen molar-refractivity contribution in [3.8, 4) is 0 Å². The Hall–Kier alpha value is -1.98. The zero-order valence-corrected chi connectivity index (χ0v) is 23.2. The first-order valence-corrected chi connectivity index (χ1v) is 12.7. The van der Waals surface area contributed by atoms with Crippen LogP contribution in [0.25, 0.3) is 0 Å². The van der Waals surface area contributed by atoms with Crippen LogP contribution in [0.1, 0.15) is 33.1 Å². The van der Waals surface area contributed by atoms with E-state index in [4.69, 9.17) is 59.9 Å². The van der Waals surface area contributed by atoms with Gasteiger partial charge in [-0.3, -0.25) is 19.2 Å². The molecule has 0 saturated carbocycles. The lowest BCUT2D eigenvalue weighted by molar-refractivity contribution is -0.265. The van der Waals surface area contributed by atoms with Gasteiger partial charge in [-0.1, -0.05) is 41.7 Å². The van der Waals surface area contributed by atoms with E-state index in [0.29, 0.717) is 0 Å². The number of aliphatic carboxylic acids is 1. The number of carbonyl (C=O) groups is 5. The third kappa shape index (κ3) is 12.0. The molecule has 1 aliphatic heterocycles. The van der Waals surface area contributed by atoms with E-state index >= 15 is 0 Å². The molecule has 1 saturated heterocycles. The summed E-state index contributed by atoms with van der Waals surface area (Å²) in [6, 6.07) is -2.77. The molecule has 18 heteroatoms. The van der Waals surface area contributed by atoms with Crippen LogP contribution >= 0.6 is 34.8 Å². The molecule has 224 valence electrons. The van der Waals surface area contributed by atoms with Crippen molar-refractivity contribution in [3.63, 3.8) is 0 Å². The molecule has 0 aromatic carbocycles. The fourth-order valence-corrected chi connectivity index (χ4v) is 3.63. The standard InChI is InChI=1S/C21H32Cl3N3O12/c1-8(18(34)26-10(17(25)33)3-4-13(30)31)5-11(29)9(2)38-16-14(19(35)39-12(6-28)15(16)32)27-20(36)37-7-21(22,23)24/h8-10,12,14-16,19,28,32,35H,3-7H2,1-2H3,(H2,25,33)(H,26,34)(H,27,36)(H,30,31)/t8-,9-,10-,12-,14-,15-,16-,19+/m1/s1. The first-order chi connectivity index (χ1) is 18.0. The number of ether oxygens (including phenoxy) is 3. The van der Waals surface area contributed by atoms with Gasteiger partial charge >= 0.3 is 12.1 Å². The molecule has 3 amide bonds. The number of Topliss-reactive ketones (excluding diaryl/α,β-unsaturated/α-hetero) is 1. The number of alkyl carbamates (subject to hydrolysis) is 1. The number of nitrogens with one attached hydrogen (secondary N) is 2. The number of halogens is 3. The summed E-state index contributed by atoms with van der Waals surface area (Å²) in [5.74, 6) is -4.54. The predicted molar refractivity (Wildman–Crippen MR) is 134 cm³/mol. The predicted octanol–water partition coefficient (Wildman–Crippen LogP) is -1.27. The molecule has 1 aliphatic rings. The van der Waals surface area contributed by atoms with Crippen LogP contribution in [-0.4, -0.2) is 110 Å². The minimum absolute atomic E-state index is 0.245. The normalized spacial score (nSPS) is 25.6. The number of carbonyl (C=O) groups excluding carboxylic acids is 4. The molecule has 1 fully saturated rings. The molecule has 39 heavy (non-hydrogen) atoms. The second-order valence-corrected chi connectivity index (χ2v) is 11.3. The highest BCUT2D eigenvalue weighted by molar-refractivity contribution is 6.67. The second-order valence-electron chi connectivity index (χ2n) is 8.81. The lowest BCUT2D eigenvalue weighted by atomic mass is 9.95. The third-order valence-electron chi connectivity index (χ3n) is 5.60. The Labute approximate surface area is 238 Å². The van der Waals surface area contributed by atoms with Gasteiger partial charge in [-0.15, -0.1) is 0 Å². The summed E-state index contributed by atoms with van der Waals surface area (Å²) in [4.78, 5) is 59.7. The van der Waals surface area contributed by atoms with E-state index < -0.39 is 108 Å². The number of hydrogen-bond donors (Lipinski definition) is 7. The van der Waals surface area contributed by atoms with E-state index in [1.807, 2.05) is 0 Å². The lowest BCUT2D eigenvalue weighted by Gasteiger charge is -2.43. The number of amides is 3. The Kier molecular flexibility index (Phi) is 14.1. The third-order valence-corrected chi connectivity index (χ3v) is 5.93. The van der Waals surface area contributed by atoms with Crippen LogP contribution in [0.15, 0.2) is 0 Å². The van der Waals surface area contributed by atoms with Crippen molar-refractivity contribution in [1.82, 2.24) is 10.6 Å². The summed E-state index contributed by atoms with van der Waals surface area (Å²) in [5, 5.41) is 43.6. The summed E-state index contributed by atoms with van der Waals surface area (Å²) in [7, 11) is 0. The van der Waals surface area contributed by atoms with Gasteiger partial charge in [-0.05, 0) is 13.3 Å². The molecule has 0 radical (unpaired) electrons. The molecule has 1 heterocycles. The van der Waals surface area contributed by atoms with Gasteiger partial charge in [0.25, 0.3) is 0 Å². The number of aliphatic hydroxyl groups excluding tert-OH is 3. The average molecular weight is 625 g/mol. The quantitative estimate of drug-likeness (QED) is 0.112. The molecule has 0 aliphatic carbocycles. The fraction of sp³-hybridized carbons (Fsp3) is 0.762. The summed E-state index contributed by atoms with van der Waals surface area (Å²) < 4.78 is 13.5. The highest BCUT2D eigenvalue weighted by Gasteiger charge is 2.47. The summed E-state index contributed by atoms with van der Waals surface area (Å²) in [6.07, 6.45) is -9.89. The fourth-order valence-electron chi connectivity index (χ4n) is 3.46. The number of alkyl halides is 3. The average Bonchev–Trinajstić information content (AvgIpc) is 2.83. The molecule has 0 spiro atoms. The van der Waals surface area contributed by atoms with Crippen molar-refractivity contribution in [1.29, 1.82) is 0 Å². The molecule has 0 aromatic heterocycles. The first kappa shape index (κ1) is 35.0. The second kappa shape index (κ2) is 15.7. The molecular formula is C21H32Cl3N3O12. The largest absolute Gasteiger partial charge is 0.481 e. The number of carboxylic acids is 1. The van der Waals surface area contributed by atoms with Gasteiger partial charge in [0.15, 0.2) is 12.1 Å². The van der Waals surface area contributed by atoms with Crippen LogP contribution in [0.3, 0.4) is 0 Å². The molecular weight excluding hydrogens is 593 g/mol. The number of carboxylic acid groups (broad SMARTS) is 1. The minimum Gasteiger partial charge on any atom is -0.481 e. The van der Waals surface area contributed by atoms with E-state index in [2.05, 4.69) is 10.6 Å². The van der Waals surface area contributed by atoms with Crippen molar-refractivity contribution >= 4 is 64.5 Å². The van der Waals surface area contributed by atoms with Crippen molar-refractivity contribution in [2.24, 2.45) is 11.7 Å². The van der Waals surface area contributed by atoms with Crippen molar-refractivity contribution in [3.05, 3.63) is 0 Å². The molecule has 8 N–H and O–H groups in total. The van der Waals surface area contributed by atoms with Crippen molar-refractivity contribution in [2.45, 2.75) is 79.7 Å². The molecule has 0 unspecified atom stereocenters. The summed E-state index contributed by atoms with van der Waals surface area (Å²) in [5.41, 5.74) is 5.20. The van der Waals surface area contributed by atoms with Crippen LogP contribution < -0.4 is 16.4 Å². The number of ketones is 1. The van der Waals surface area contributed by atoms with E-state index in [1.165, 1.54) is 13.8 Å². The van der Waals surface area contributed by atoms with Gasteiger partial charge in [0.05, 0.1) is 6.61 Å². The molecule has 0 bridgehead atoms. The Morgan fingerprint density at radius 2 is 1.74 bits per heavy atom. The van der Waals surface area contributed by atoms with E-state index in [9.17, 15) is 39.3 Å². The maximum Gasteiger partial charge on any atom is 0.407 e. The van der Waals surface area contributed by atoms with Crippen LogP contribution in [0, 0.1) is 5.92 Å². The number of primary amides is 1. The molecule has 0 aromatic rings. The number of hydrogen-bond acceptors (Lipinski definition) is 11. The van der Waals surface area contributed by atoms with E-state index in [1.54, 1.807) is 0 Å². The van der Waals surface area contributed by atoms with Crippen LogP contribution in [0.4, 0.5) is 4.79 Å². The van der Waals surface area contributed by atoms with Gasteiger partial charge < -0.3 is 51.0 Å². The number of rotatable bonds is 14. The monoisotopic (exact) mass is 623 g/mol. The minimum atomic E-state index is -1.94. The van der Waals surface area contributed by atoms with Gasteiger partial charge in [-0.25, -0.2) is 4.79 Å². The van der Waals surface area contributed by atoms with Gasteiger partial charge in [0.2, 0.25) is 15.6 Å². The smallest absolute Gasteiger partial charge is 0.407 e. The topological polar surface area (TPSA) is 244 Å². The first-order valence-electron chi connectivity index (χ1n) is 11.6. The van der Waals surface area contributed by atoms with Crippen LogP contribution in [0.2, 0.25) is 0 Å². The van der Waals surface area contributed by atoms with Gasteiger partial charge in [0.1, 0.15) is 43.1 Å². The zero-order valence-electron chi connectivity index (χ0n) is 20.9. The Morgan fingerprint density at radius 3 is 2.26 bits per heavy atom. The number of nitrogens with two attached hydrogens (primary N) is 1. The molecule has 8 atom stereocenters. The maximum atomic E-state index is 12.8.